The number of benzene rings is 1. The van der Waals surface area contributed by atoms with E-state index in [4.69, 9.17) is 0 Å². The van der Waals surface area contributed by atoms with E-state index in [1.54, 1.807) is 5.38 Å². The number of rotatable bonds is 7. The summed E-state index contributed by atoms with van der Waals surface area (Å²) < 4.78 is 0. The number of anilines is 1. The van der Waals surface area contributed by atoms with Gasteiger partial charge >= 0.3 is 0 Å². The molecule has 0 aliphatic heterocycles. The largest absolute Gasteiger partial charge is 0.394 e. The van der Waals surface area contributed by atoms with Crippen molar-refractivity contribution in [3.63, 3.8) is 0 Å². The molecule has 3 N–H and O–H groups in total. The fourth-order valence-electron chi connectivity index (χ4n) is 1.93. The molecule has 0 spiro atoms. The summed E-state index contributed by atoms with van der Waals surface area (Å²) in [5.41, 5.74) is 1.45. The van der Waals surface area contributed by atoms with Crippen LogP contribution < -0.4 is 10.6 Å². The summed E-state index contributed by atoms with van der Waals surface area (Å²) in [6.45, 7) is 2.63. The maximum absolute atomic E-state index is 12.1. The number of carbonyl (C=O) groups excluding carboxylic acids is 1. The number of hydrogen-bond donors (Lipinski definition) is 3. The van der Waals surface area contributed by atoms with E-state index in [2.05, 4.69) is 15.6 Å². The van der Waals surface area contributed by atoms with E-state index in [0.717, 1.165) is 17.2 Å². The molecule has 5 nitrogen and oxygen atoms in total. The van der Waals surface area contributed by atoms with Gasteiger partial charge in [0, 0.05) is 11.9 Å². The van der Waals surface area contributed by atoms with Crippen molar-refractivity contribution in [3.8, 4) is 0 Å². The van der Waals surface area contributed by atoms with Crippen molar-refractivity contribution in [1.29, 1.82) is 0 Å². The van der Waals surface area contributed by atoms with E-state index < -0.39 is 0 Å². The molecule has 0 radical (unpaired) electrons. The van der Waals surface area contributed by atoms with Gasteiger partial charge in [-0.2, -0.15) is 0 Å². The van der Waals surface area contributed by atoms with E-state index in [1.165, 1.54) is 11.3 Å². The second-order valence-electron chi connectivity index (χ2n) is 4.61. The molecule has 2 rings (SSSR count). The van der Waals surface area contributed by atoms with Gasteiger partial charge in [0.2, 0.25) is 0 Å². The van der Waals surface area contributed by atoms with Crippen LogP contribution in [0.3, 0.4) is 0 Å². The average Bonchev–Trinajstić information content (AvgIpc) is 2.97. The van der Waals surface area contributed by atoms with Crippen molar-refractivity contribution >= 4 is 22.4 Å². The molecule has 0 aliphatic rings. The predicted molar refractivity (Wildman–Crippen MR) is 84.8 cm³/mol. The van der Waals surface area contributed by atoms with Crippen molar-refractivity contribution < 1.29 is 9.90 Å². The summed E-state index contributed by atoms with van der Waals surface area (Å²) >= 11 is 1.40. The number of aromatic nitrogens is 1. The summed E-state index contributed by atoms with van der Waals surface area (Å²) in [6, 6.07) is 9.45. The normalized spacial score (nSPS) is 11.9. The van der Waals surface area contributed by atoms with Crippen molar-refractivity contribution in [2.24, 2.45) is 0 Å². The second-order valence-corrected chi connectivity index (χ2v) is 5.47. The summed E-state index contributed by atoms with van der Waals surface area (Å²) in [6.07, 6.45) is 0.591. The first-order valence-corrected chi connectivity index (χ1v) is 7.76. The summed E-state index contributed by atoms with van der Waals surface area (Å²) in [5.74, 6) is -0.259. The minimum Gasteiger partial charge on any atom is -0.394 e. The summed E-state index contributed by atoms with van der Waals surface area (Å²) in [4.78, 5) is 16.3. The van der Waals surface area contributed by atoms with Crippen LogP contribution in [0.25, 0.3) is 0 Å². The number of hydrogen-bond acceptors (Lipinski definition) is 5. The Hall–Kier alpha value is -1.92. The molecular weight excluding hydrogens is 286 g/mol. The fraction of sp³-hybridized carbons (Fsp3) is 0.333. The Morgan fingerprint density at radius 1 is 1.38 bits per heavy atom. The minimum absolute atomic E-state index is 0.106. The standard InChI is InChI=1S/C15H19N3O2S/c1-2-16-15-18-13(10-21-15)14(20)17-12(9-19)8-11-6-4-3-5-7-11/h3-7,10,12,19H,2,8-9H2,1H3,(H,16,18)(H,17,20). The number of carbonyl (C=O) groups is 1. The Morgan fingerprint density at radius 3 is 2.81 bits per heavy atom. The molecule has 2 aromatic rings. The van der Waals surface area contributed by atoms with Gasteiger partial charge in [-0.1, -0.05) is 30.3 Å². The highest BCUT2D eigenvalue weighted by atomic mass is 32.1. The van der Waals surface area contributed by atoms with E-state index in [1.807, 2.05) is 37.3 Å². The van der Waals surface area contributed by atoms with E-state index in [-0.39, 0.29) is 18.6 Å². The van der Waals surface area contributed by atoms with Crippen LogP contribution in [-0.4, -0.2) is 35.2 Å². The van der Waals surface area contributed by atoms with Gasteiger partial charge in [0.1, 0.15) is 5.69 Å². The van der Waals surface area contributed by atoms with Crippen molar-refractivity contribution in [2.75, 3.05) is 18.5 Å². The van der Waals surface area contributed by atoms with Gasteiger partial charge in [-0.3, -0.25) is 4.79 Å². The molecule has 1 atom stereocenters. The molecule has 21 heavy (non-hydrogen) atoms. The SMILES string of the molecule is CCNc1nc(C(=O)NC(CO)Cc2ccccc2)cs1. The molecule has 1 unspecified atom stereocenters. The van der Waals surface area contributed by atoms with E-state index in [0.29, 0.717) is 12.1 Å². The number of amides is 1. The Labute approximate surface area is 128 Å². The quantitative estimate of drug-likeness (QED) is 0.730. The maximum atomic E-state index is 12.1. The lowest BCUT2D eigenvalue weighted by molar-refractivity contribution is 0.0912. The average molecular weight is 305 g/mol. The summed E-state index contributed by atoms with van der Waals surface area (Å²) in [7, 11) is 0. The molecule has 112 valence electrons. The third kappa shape index (κ3) is 4.54. The topological polar surface area (TPSA) is 74.2 Å². The van der Waals surface area contributed by atoms with E-state index in [9.17, 15) is 9.90 Å². The molecule has 1 aromatic carbocycles. The highest BCUT2D eigenvalue weighted by Gasteiger charge is 2.16. The maximum Gasteiger partial charge on any atom is 0.271 e. The monoisotopic (exact) mass is 305 g/mol. The Bertz CT molecular complexity index is 571. The molecule has 0 bridgehead atoms. The number of aliphatic hydroxyl groups is 1. The smallest absolute Gasteiger partial charge is 0.271 e. The van der Waals surface area contributed by atoms with Crippen LogP contribution in [0.4, 0.5) is 5.13 Å². The highest BCUT2D eigenvalue weighted by molar-refractivity contribution is 7.13. The van der Waals surface area contributed by atoms with Gasteiger partial charge in [0.15, 0.2) is 5.13 Å². The lowest BCUT2D eigenvalue weighted by Gasteiger charge is -2.15. The van der Waals surface area contributed by atoms with Crippen LogP contribution in [-0.2, 0) is 6.42 Å². The first-order chi connectivity index (χ1) is 10.2. The molecule has 1 aromatic heterocycles. The van der Waals surface area contributed by atoms with Crippen molar-refractivity contribution in [2.45, 2.75) is 19.4 Å². The van der Waals surface area contributed by atoms with Crippen molar-refractivity contribution in [3.05, 3.63) is 47.0 Å². The number of nitrogens with one attached hydrogen (secondary N) is 2. The molecule has 6 heteroatoms. The zero-order chi connectivity index (χ0) is 15.1. The van der Waals surface area contributed by atoms with Gasteiger partial charge in [-0.15, -0.1) is 11.3 Å². The highest BCUT2D eigenvalue weighted by Crippen LogP contribution is 2.15. The molecule has 1 heterocycles. The van der Waals surface area contributed by atoms with Gasteiger partial charge in [-0.05, 0) is 18.9 Å². The number of aliphatic hydroxyl groups excluding tert-OH is 1. The second kappa shape index (κ2) is 7.75. The van der Waals surface area contributed by atoms with Crippen molar-refractivity contribution in [1.82, 2.24) is 10.3 Å². The molecule has 0 aliphatic carbocycles. The third-order valence-electron chi connectivity index (χ3n) is 2.95. The Balaban J connectivity index is 1.95. The van der Waals surface area contributed by atoms with Crippen LogP contribution in [0.5, 0.6) is 0 Å². The zero-order valence-electron chi connectivity index (χ0n) is 11.9. The fourth-order valence-corrected chi connectivity index (χ4v) is 2.69. The predicted octanol–water partition coefficient (Wildman–Crippen LogP) is 1.91. The first-order valence-electron chi connectivity index (χ1n) is 6.88. The number of nitrogens with zero attached hydrogens (tertiary/aromatic N) is 1. The molecule has 1 amide bonds. The van der Waals surface area contributed by atoms with Crippen LogP contribution in [0.2, 0.25) is 0 Å². The van der Waals surface area contributed by atoms with Crippen LogP contribution >= 0.6 is 11.3 Å². The van der Waals surface area contributed by atoms with Gasteiger partial charge in [-0.25, -0.2) is 4.98 Å². The first kappa shape index (κ1) is 15.5. The summed E-state index contributed by atoms with van der Waals surface area (Å²) in [5, 5.41) is 17.8. The minimum atomic E-state index is -0.316. The van der Waals surface area contributed by atoms with Gasteiger partial charge in [0.25, 0.3) is 5.91 Å². The van der Waals surface area contributed by atoms with Gasteiger partial charge < -0.3 is 15.7 Å². The molecule has 0 saturated heterocycles. The van der Waals surface area contributed by atoms with Crippen LogP contribution in [0.1, 0.15) is 23.0 Å². The molecule has 0 fully saturated rings. The Morgan fingerprint density at radius 2 is 2.14 bits per heavy atom. The van der Waals surface area contributed by atoms with Crippen LogP contribution in [0, 0.1) is 0 Å². The zero-order valence-corrected chi connectivity index (χ0v) is 12.7. The number of thiazole rings is 1. The Kier molecular flexibility index (Phi) is 5.71. The molecule has 0 saturated carbocycles. The van der Waals surface area contributed by atoms with E-state index >= 15 is 0 Å². The van der Waals surface area contributed by atoms with Gasteiger partial charge in [0.05, 0.1) is 12.6 Å². The lowest BCUT2D eigenvalue weighted by atomic mass is 10.1. The lowest BCUT2D eigenvalue weighted by Crippen LogP contribution is -2.39. The molecular formula is C15H19N3O2S. The van der Waals surface area contributed by atoms with Crippen LogP contribution in [0.15, 0.2) is 35.7 Å². The third-order valence-corrected chi connectivity index (χ3v) is 3.75.